The molecule has 0 aliphatic carbocycles. The van der Waals surface area contributed by atoms with E-state index < -0.39 is 11.9 Å². The highest BCUT2D eigenvalue weighted by molar-refractivity contribution is 8.00. The molecule has 1 unspecified atom stereocenters. The number of halogens is 2. The van der Waals surface area contributed by atoms with Gasteiger partial charge in [0.25, 0.3) is 5.22 Å². The minimum absolute atomic E-state index is 0.0544. The first-order valence-corrected chi connectivity index (χ1v) is 10.3. The lowest BCUT2D eigenvalue weighted by atomic mass is 10.1. The van der Waals surface area contributed by atoms with E-state index in [4.69, 9.17) is 4.42 Å². The molecular formula is C21H23F2N3O3S. The molecular weight excluding hydrogens is 412 g/mol. The summed E-state index contributed by atoms with van der Waals surface area (Å²) in [6.07, 6.45) is 0. The average Bonchev–Trinajstić information content (AvgIpc) is 3.26. The lowest BCUT2D eigenvalue weighted by Gasteiger charge is -2.12. The van der Waals surface area contributed by atoms with Crippen LogP contribution in [0.15, 0.2) is 40.0 Å². The highest BCUT2D eigenvalue weighted by Gasteiger charge is 2.24. The Morgan fingerprint density at radius 3 is 2.37 bits per heavy atom. The van der Waals surface area contributed by atoms with Crippen LogP contribution in [0.4, 0.5) is 8.78 Å². The number of rotatable bonds is 8. The van der Waals surface area contributed by atoms with Crippen LogP contribution in [0.2, 0.25) is 0 Å². The molecule has 30 heavy (non-hydrogen) atoms. The summed E-state index contributed by atoms with van der Waals surface area (Å²) in [5.41, 5.74) is 2.96. The molecule has 6 nitrogen and oxygen atoms in total. The third-order valence-corrected chi connectivity index (χ3v) is 5.51. The summed E-state index contributed by atoms with van der Waals surface area (Å²) in [6.45, 7) is 6.58. The van der Waals surface area contributed by atoms with Gasteiger partial charge in [-0.3, -0.25) is 4.79 Å². The van der Waals surface area contributed by atoms with Gasteiger partial charge < -0.3 is 13.7 Å². The molecule has 1 aromatic carbocycles. The van der Waals surface area contributed by atoms with Crippen LogP contribution < -0.4 is 4.74 Å². The number of hydrogen-bond donors (Lipinski definition) is 0. The van der Waals surface area contributed by atoms with Gasteiger partial charge in [-0.2, -0.15) is 8.78 Å². The van der Waals surface area contributed by atoms with Gasteiger partial charge in [0.15, 0.2) is 5.78 Å². The van der Waals surface area contributed by atoms with Gasteiger partial charge in [-0.05, 0) is 51.1 Å². The summed E-state index contributed by atoms with van der Waals surface area (Å²) in [5, 5.41) is 7.94. The predicted octanol–water partition coefficient (Wildman–Crippen LogP) is 5.57. The number of ether oxygens (including phenoxy) is 1. The Labute approximate surface area is 177 Å². The van der Waals surface area contributed by atoms with E-state index in [-0.39, 0.29) is 17.5 Å². The molecule has 0 radical (unpaired) electrons. The summed E-state index contributed by atoms with van der Waals surface area (Å²) in [5.74, 6) is 0.683. The summed E-state index contributed by atoms with van der Waals surface area (Å²) < 4.78 is 36.6. The molecule has 3 rings (SSSR count). The predicted molar refractivity (Wildman–Crippen MR) is 110 cm³/mol. The zero-order valence-corrected chi connectivity index (χ0v) is 18.2. The molecule has 0 amide bonds. The van der Waals surface area contributed by atoms with E-state index in [1.54, 1.807) is 19.1 Å². The molecule has 3 aromatic rings. The normalized spacial score (nSPS) is 12.6. The van der Waals surface area contributed by atoms with Crippen LogP contribution in [0.3, 0.4) is 0 Å². The van der Waals surface area contributed by atoms with Crippen molar-refractivity contribution in [2.45, 2.75) is 57.6 Å². The monoisotopic (exact) mass is 435 g/mol. The minimum atomic E-state index is -2.87. The molecule has 0 fully saturated rings. The molecule has 0 saturated carbocycles. The van der Waals surface area contributed by atoms with Gasteiger partial charge in [-0.1, -0.05) is 25.6 Å². The van der Waals surface area contributed by atoms with E-state index in [1.807, 2.05) is 38.3 Å². The SMILES string of the molecule is Cc1cc(C(=O)C(C)Sc2nnc(C(C)C)o2)c(C)n1-c1ccc(OC(F)F)cc1. The van der Waals surface area contributed by atoms with Crippen molar-refractivity contribution >= 4 is 17.5 Å². The fourth-order valence-corrected chi connectivity index (χ4v) is 3.87. The van der Waals surface area contributed by atoms with Crippen LogP contribution in [0.1, 0.15) is 54.3 Å². The number of alkyl halides is 2. The number of carbonyl (C=O) groups excluding carboxylic acids is 1. The van der Waals surface area contributed by atoms with E-state index in [0.717, 1.165) is 17.1 Å². The molecule has 0 aliphatic rings. The Kier molecular flexibility index (Phi) is 6.60. The first-order chi connectivity index (χ1) is 14.2. The second-order valence-corrected chi connectivity index (χ2v) is 8.47. The fraction of sp³-hybridized carbons (Fsp3) is 0.381. The lowest BCUT2D eigenvalue weighted by molar-refractivity contribution is -0.0498. The largest absolute Gasteiger partial charge is 0.435 e. The molecule has 0 N–H and O–H groups in total. The molecule has 160 valence electrons. The molecule has 9 heteroatoms. The number of carbonyl (C=O) groups is 1. The minimum Gasteiger partial charge on any atom is -0.435 e. The first kappa shape index (κ1) is 22.0. The van der Waals surface area contributed by atoms with E-state index in [2.05, 4.69) is 14.9 Å². The number of Topliss-reactive ketones (excluding diaryl/α,β-unsaturated/α-hetero) is 1. The third kappa shape index (κ3) is 4.72. The van der Waals surface area contributed by atoms with Crippen LogP contribution in [0.25, 0.3) is 5.69 Å². The van der Waals surface area contributed by atoms with Crippen molar-refractivity contribution in [2.24, 2.45) is 0 Å². The standard InChI is InChI=1S/C21H23F2N3O3S/c1-11(2)19-24-25-21(29-19)30-14(5)18(27)17-10-12(3)26(13(17)4)15-6-8-16(9-7-15)28-20(22)23/h6-11,14,20H,1-5H3. The number of ketones is 1. The smallest absolute Gasteiger partial charge is 0.387 e. The van der Waals surface area contributed by atoms with Crippen molar-refractivity contribution in [3.8, 4) is 11.4 Å². The van der Waals surface area contributed by atoms with Crippen LogP contribution in [-0.2, 0) is 0 Å². The van der Waals surface area contributed by atoms with Gasteiger partial charge in [0, 0.05) is 28.6 Å². The Bertz CT molecular complexity index is 1030. The number of benzene rings is 1. The summed E-state index contributed by atoms with van der Waals surface area (Å²) in [6, 6.07) is 8.13. The number of hydrogen-bond acceptors (Lipinski definition) is 6. The quantitative estimate of drug-likeness (QED) is 0.341. The molecule has 0 saturated heterocycles. The van der Waals surface area contributed by atoms with Crippen LogP contribution in [0.5, 0.6) is 5.75 Å². The van der Waals surface area contributed by atoms with E-state index in [9.17, 15) is 13.6 Å². The summed E-state index contributed by atoms with van der Waals surface area (Å²) in [4.78, 5) is 13.1. The molecule has 0 aliphatic heterocycles. The molecule has 2 aromatic heterocycles. The summed E-state index contributed by atoms with van der Waals surface area (Å²) in [7, 11) is 0. The maximum Gasteiger partial charge on any atom is 0.387 e. The van der Waals surface area contributed by atoms with Crippen molar-refractivity contribution in [2.75, 3.05) is 0 Å². The van der Waals surface area contributed by atoms with E-state index in [1.165, 1.54) is 23.9 Å². The Hall–Kier alpha value is -2.68. The highest BCUT2D eigenvalue weighted by Crippen LogP contribution is 2.29. The van der Waals surface area contributed by atoms with Gasteiger partial charge in [-0.15, -0.1) is 10.2 Å². The maximum absolute atomic E-state index is 13.1. The van der Waals surface area contributed by atoms with Crippen molar-refractivity contribution in [3.05, 3.63) is 53.2 Å². The Morgan fingerprint density at radius 2 is 1.80 bits per heavy atom. The molecule has 0 bridgehead atoms. The zero-order chi connectivity index (χ0) is 22.0. The van der Waals surface area contributed by atoms with E-state index in [0.29, 0.717) is 16.7 Å². The highest BCUT2D eigenvalue weighted by atomic mass is 32.2. The van der Waals surface area contributed by atoms with Gasteiger partial charge in [-0.25, -0.2) is 0 Å². The second-order valence-electron chi connectivity index (χ2n) is 7.18. The number of thioether (sulfide) groups is 1. The van der Waals surface area contributed by atoms with Gasteiger partial charge in [0.1, 0.15) is 5.75 Å². The van der Waals surface area contributed by atoms with Gasteiger partial charge in [0.05, 0.1) is 5.25 Å². The van der Waals surface area contributed by atoms with E-state index >= 15 is 0 Å². The van der Waals surface area contributed by atoms with Crippen molar-refractivity contribution < 1.29 is 22.7 Å². The lowest BCUT2D eigenvalue weighted by Crippen LogP contribution is -2.14. The number of aromatic nitrogens is 3. The third-order valence-electron chi connectivity index (χ3n) is 4.58. The topological polar surface area (TPSA) is 70.2 Å². The Balaban J connectivity index is 1.80. The van der Waals surface area contributed by atoms with Crippen LogP contribution >= 0.6 is 11.8 Å². The Morgan fingerprint density at radius 1 is 1.13 bits per heavy atom. The molecule has 0 spiro atoms. The maximum atomic E-state index is 13.1. The number of nitrogens with zero attached hydrogens (tertiary/aromatic N) is 3. The average molecular weight is 435 g/mol. The van der Waals surface area contributed by atoms with Crippen molar-refractivity contribution in [3.63, 3.8) is 0 Å². The van der Waals surface area contributed by atoms with Crippen molar-refractivity contribution in [1.82, 2.24) is 14.8 Å². The zero-order valence-electron chi connectivity index (χ0n) is 17.3. The fourth-order valence-electron chi connectivity index (χ4n) is 3.11. The van der Waals surface area contributed by atoms with Crippen LogP contribution in [-0.4, -0.2) is 32.4 Å². The molecule has 2 heterocycles. The van der Waals surface area contributed by atoms with Crippen molar-refractivity contribution in [1.29, 1.82) is 0 Å². The van der Waals surface area contributed by atoms with Crippen LogP contribution in [0, 0.1) is 13.8 Å². The van der Waals surface area contributed by atoms with Gasteiger partial charge in [0.2, 0.25) is 5.89 Å². The summed E-state index contributed by atoms with van der Waals surface area (Å²) >= 11 is 1.23. The first-order valence-electron chi connectivity index (χ1n) is 9.45. The second kappa shape index (κ2) is 8.99. The number of aryl methyl sites for hydroxylation is 1. The molecule has 1 atom stereocenters. The van der Waals surface area contributed by atoms with Gasteiger partial charge >= 0.3 is 6.61 Å².